The van der Waals surface area contributed by atoms with Gasteiger partial charge in [0.15, 0.2) is 0 Å². The summed E-state index contributed by atoms with van der Waals surface area (Å²) in [6.45, 7) is 8.91. The topological polar surface area (TPSA) is 74.7 Å². The van der Waals surface area contributed by atoms with Gasteiger partial charge in [-0.25, -0.2) is 13.2 Å². The first-order valence-electron chi connectivity index (χ1n) is 6.01. The minimum absolute atomic E-state index is 0.0435. The molecule has 0 aliphatic carbocycles. The third-order valence-electron chi connectivity index (χ3n) is 2.83. The van der Waals surface area contributed by atoms with Crippen molar-refractivity contribution in [2.75, 3.05) is 13.1 Å². The van der Waals surface area contributed by atoms with Crippen LogP contribution in [0.4, 0.5) is 0 Å². The molecule has 1 aromatic carbocycles. The summed E-state index contributed by atoms with van der Waals surface area (Å²) in [6.07, 6.45) is 2.93. The Hall–Kier alpha value is -1.44. The van der Waals surface area contributed by atoms with Crippen LogP contribution in [-0.4, -0.2) is 36.9 Å². The van der Waals surface area contributed by atoms with Gasteiger partial charge in [0.25, 0.3) is 0 Å². The van der Waals surface area contributed by atoms with E-state index in [1.165, 1.54) is 22.5 Å². The number of hydrogen-bond donors (Lipinski definition) is 1. The van der Waals surface area contributed by atoms with Crippen molar-refractivity contribution in [2.45, 2.75) is 11.8 Å². The third kappa shape index (κ3) is 3.81. The molecule has 0 aliphatic rings. The van der Waals surface area contributed by atoms with Crippen LogP contribution in [-0.2, 0) is 10.0 Å². The van der Waals surface area contributed by atoms with Gasteiger partial charge in [-0.05, 0) is 24.6 Å². The molecule has 0 heterocycles. The van der Waals surface area contributed by atoms with Gasteiger partial charge in [-0.3, -0.25) is 0 Å². The van der Waals surface area contributed by atoms with Gasteiger partial charge in [0, 0.05) is 17.6 Å². The van der Waals surface area contributed by atoms with Crippen LogP contribution >= 0.6 is 15.9 Å². The minimum atomic E-state index is -3.84. The highest BCUT2D eigenvalue weighted by molar-refractivity contribution is 9.10. The number of carboxylic acid groups (broad SMARTS) is 1. The molecule has 0 radical (unpaired) electrons. The van der Waals surface area contributed by atoms with Crippen molar-refractivity contribution in [2.24, 2.45) is 0 Å². The monoisotopic (exact) mass is 373 g/mol. The zero-order chi connectivity index (χ0) is 16.2. The average molecular weight is 374 g/mol. The number of carbonyl (C=O) groups is 1. The SMILES string of the molecule is C=CCN(CC=C)S(=O)(=O)c1cc(C(=O)O)cc(Br)c1C. The van der Waals surface area contributed by atoms with E-state index in [9.17, 15) is 13.2 Å². The van der Waals surface area contributed by atoms with Crippen molar-refractivity contribution in [1.82, 2.24) is 4.31 Å². The summed E-state index contributed by atoms with van der Waals surface area (Å²) in [5, 5.41) is 9.07. The number of aromatic carboxylic acids is 1. The van der Waals surface area contributed by atoms with Crippen LogP contribution in [0.2, 0.25) is 0 Å². The van der Waals surface area contributed by atoms with E-state index >= 15 is 0 Å². The van der Waals surface area contributed by atoms with E-state index in [1.807, 2.05) is 0 Å². The molecule has 1 N–H and O–H groups in total. The average Bonchev–Trinajstić information content (AvgIpc) is 2.40. The van der Waals surface area contributed by atoms with Crippen LogP contribution in [0.15, 0.2) is 46.8 Å². The van der Waals surface area contributed by atoms with Crippen molar-refractivity contribution in [3.63, 3.8) is 0 Å². The smallest absolute Gasteiger partial charge is 0.335 e. The van der Waals surface area contributed by atoms with E-state index in [0.717, 1.165) is 6.07 Å². The Morgan fingerprint density at radius 3 is 2.29 bits per heavy atom. The number of nitrogens with zero attached hydrogens (tertiary/aromatic N) is 1. The molecular weight excluding hydrogens is 358 g/mol. The number of rotatable bonds is 7. The summed E-state index contributed by atoms with van der Waals surface area (Å²) in [4.78, 5) is 11.1. The van der Waals surface area contributed by atoms with Gasteiger partial charge in [0.05, 0.1) is 10.5 Å². The summed E-state index contributed by atoms with van der Waals surface area (Å²) < 4.78 is 27.0. The predicted octanol–water partition coefficient (Wildman–Crippen LogP) is 2.82. The lowest BCUT2D eigenvalue weighted by Gasteiger charge is -2.21. The van der Waals surface area contributed by atoms with Crippen LogP contribution in [0.25, 0.3) is 0 Å². The Bertz CT molecular complexity index is 672. The molecule has 0 aliphatic heterocycles. The summed E-state index contributed by atoms with van der Waals surface area (Å²) in [5.41, 5.74) is 0.362. The molecule has 0 spiro atoms. The van der Waals surface area contributed by atoms with Gasteiger partial charge in [0.2, 0.25) is 10.0 Å². The minimum Gasteiger partial charge on any atom is -0.478 e. The Kier molecular flexibility index (Phi) is 5.88. The van der Waals surface area contributed by atoms with Crippen molar-refractivity contribution < 1.29 is 18.3 Å². The van der Waals surface area contributed by atoms with Crippen LogP contribution in [0.1, 0.15) is 15.9 Å². The molecule has 1 aromatic rings. The van der Waals surface area contributed by atoms with Gasteiger partial charge in [0.1, 0.15) is 0 Å². The molecule has 0 saturated heterocycles. The molecule has 5 nitrogen and oxygen atoms in total. The second-order valence-corrected chi connectivity index (χ2v) is 7.05. The second kappa shape index (κ2) is 7.02. The van der Waals surface area contributed by atoms with Crippen LogP contribution in [0.3, 0.4) is 0 Å². The lowest BCUT2D eigenvalue weighted by atomic mass is 10.1. The Morgan fingerprint density at radius 2 is 1.86 bits per heavy atom. The van der Waals surface area contributed by atoms with E-state index in [2.05, 4.69) is 29.1 Å². The molecule has 0 amide bonds. The fraction of sp³-hybridized carbons (Fsp3) is 0.214. The molecule has 114 valence electrons. The molecule has 21 heavy (non-hydrogen) atoms. The van der Waals surface area contributed by atoms with Gasteiger partial charge in [-0.2, -0.15) is 4.31 Å². The van der Waals surface area contributed by atoms with E-state index < -0.39 is 16.0 Å². The van der Waals surface area contributed by atoms with Gasteiger partial charge >= 0.3 is 5.97 Å². The van der Waals surface area contributed by atoms with Crippen molar-refractivity contribution in [3.8, 4) is 0 Å². The lowest BCUT2D eigenvalue weighted by molar-refractivity contribution is 0.0696. The summed E-state index contributed by atoms with van der Waals surface area (Å²) in [6, 6.07) is 2.54. The van der Waals surface area contributed by atoms with E-state index in [-0.39, 0.29) is 23.5 Å². The zero-order valence-electron chi connectivity index (χ0n) is 11.5. The highest BCUT2D eigenvalue weighted by Gasteiger charge is 2.26. The maximum absolute atomic E-state index is 12.7. The van der Waals surface area contributed by atoms with E-state index in [0.29, 0.717) is 10.0 Å². The molecule has 0 fully saturated rings. The maximum Gasteiger partial charge on any atom is 0.335 e. The molecule has 7 heteroatoms. The summed E-state index contributed by atoms with van der Waals surface area (Å²) in [5.74, 6) is -1.19. The van der Waals surface area contributed by atoms with Crippen molar-refractivity contribution in [3.05, 3.63) is 53.0 Å². The van der Waals surface area contributed by atoms with Gasteiger partial charge in [-0.15, -0.1) is 13.2 Å². The molecule has 0 saturated carbocycles. The normalized spacial score (nSPS) is 11.4. The number of sulfonamides is 1. The van der Waals surface area contributed by atoms with Crippen LogP contribution in [0, 0.1) is 6.92 Å². The van der Waals surface area contributed by atoms with Gasteiger partial charge < -0.3 is 5.11 Å². The zero-order valence-corrected chi connectivity index (χ0v) is 13.9. The number of halogens is 1. The summed E-state index contributed by atoms with van der Waals surface area (Å²) in [7, 11) is -3.84. The highest BCUT2D eigenvalue weighted by atomic mass is 79.9. The number of benzene rings is 1. The first-order chi connectivity index (χ1) is 9.75. The molecule has 0 bridgehead atoms. The quantitative estimate of drug-likeness (QED) is 0.745. The first-order valence-corrected chi connectivity index (χ1v) is 8.24. The largest absolute Gasteiger partial charge is 0.478 e. The predicted molar refractivity (Wildman–Crippen MR) is 85.0 cm³/mol. The molecule has 0 atom stereocenters. The van der Waals surface area contributed by atoms with Crippen LogP contribution < -0.4 is 0 Å². The summed E-state index contributed by atoms with van der Waals surface area (Å²) >= 11 is 3.20. The third-order valence-corrected chi connectivity index (χ3v) is 5.61. The highest BCUT2D eigenvalue weighted by Crippen LogP contribution is 2.28. The second-order valence-electron chi connectivity index (χ2n) is 4.29. The Morgan fingerprint density at radius 1 is 1.33 bits per heavy atom. The number of hydrogen-bond acceptors (Lipinski definition) is 3. The molecule has 0 unspecified atom stereocenters. The Labute approximate surface area is 132 Å². The maximum atomic E-state index is 12.7. The van der Waals surface area contributed by atoms with E-state index in [1.54, 1.807) is 6.92 Å². The van der Waals surface area contributed by atoms with E-state index in [4.69, 9.17) is 5.11 Å². The lowest BCUT2D eigenvalue weighted by Crippen LogP contribution is -2.32. The van der Waals surface area contributed by atoms with Crippen molar-refractivity contribution >= 4 is 31.9 Å². The molecule has 0 aromatic heterocycles. The van der Waals surface area contributed by atoms with Crippen molar-refractivity contribution in [1.29, 1.82) is 0 Å². The first kappa shape index (κ1) is 17.6. The number of carboxylic acids is 1. The Balaban J connectivity index is 3.51. The fourth-order valence-electron chi connectivity index (χ4n) is 1.74. The fourth-order valence-corrected chi connectivity index (χ4v) is 3.99. The van der Waals surface area contributed by atoms with Crippen LogP contribution in [0.5, 0.6) is 0 Å². The standard InChI is InChI=1S/C14H16BrNO4S/c1-4-6-16(7-5-2)21(19,20)13-9-11(14(17)18)8-12(15)10(13)3/h4-5,8-9H,1-2,6-7H2,3H3,(H,17,18). The molecular formula is C14H16BrNO4S. The molecule has 1 rings (SSSR count). The van der Waals surface area contributed by atoms with Gasteiger partial charge in [-0.1, -0.05) is 28.1 Å².